The molecule has 2 aromatic carbocycles. The predicted octanol–water partition coefficient (Wildman–Crippen LogP) is 3.57. The van der Waals surface area contributed by atoms with Crippen LogP contribution in [0.5, 0.6) is 0 Å². The quantitative estimate of drug-likeness (QED) is 0.429. The number of rotatable bonds is 6. The van der Waals surface area contributed by atoms with Gasteiger partial charge in [0.1, 0.15) is 16.9 Å². The second kappa shape index (κ2) is 9.06. The maximum Gasteiger partial charge on any atom is 0.339 e. The molecule has 2 aromatic heterocycles. The van der Waals surface area contributed by atoms with Gasteiger partial charge in [0.25, 0.3) is 0 Å². The van der Waals surface area contributed by atoms with E-state index in [1.54, 1.807) is 30.3 Å². The highest BCUT2D eigenvalue weighted by Crippen LogP contribution is 2.38. The summed E-state index contributed by atoms with van der Waals surface area (Å²) in [6, 6.07) is 9.14. The van der Waals surface area contributed by atoms with Crippen LogP contribution in [0.15, 0.2) is 50.0 Å². The number of nitrogens with one attached hydrogen (secondary N) is 1. The molecule has 1 aliphatic carbocycles. The number of fused-ring (bicyclic) bond motifs is 4. The molecule has 7 nitrogen and oxygen atoms in total. The Hall–Kier alpha value is -3.87. The molecule has 1 N–H and O–H groups in total. The van der Waals surface area contributed by atoms with Crippen molar-refractivity contribution in [1.29, 1.82) is 0 Å². The fraction of sp³-hybridized carbons (Fsp3) is 0.321. The van der Waals surface area contributed by atoms with Gasteiger partial charge in [0, 0.05) is 40.3 Å². The standard InChI is InChI=1S/C28H27NO6/c1-15-18(12-13-23(30)29-24(27(31)32)17-8-4-3-5-9-17)28(33)35-25-16(2)26-21(14-20(15)25)19-10-6-7-11-22(19)34-26/h3-5,8-9,14,24H,6-7,10-13H2,1-2H3,(H,29,30)(H,31,32)/p-1/t24-/m1/s1. The summed E-state index contributed by atoms with van der Waals surface area (Å²) in [5, 5.41) is 16.0. The minimum absolute atomic E-state index is 0.0595. The highest BCUT2D eigenvalue weighted by molar-refractivity contribution is 6.00. The number of hydrogen-bond acceptors (Lipinski definition) is 6. The Bertz CT molecular complexity index is 1510. The van der Waals surface area contributed by atoms with Crippen LogP contribution in [0.4, 0.5) is 0 Å². The molecule has 1 aliphatic rings. The number of hydrogen-bond donors (Lipinski definition) is 1. The molecule has 0 radical (unpaired) electrons. The second-order valence-corrected chi connectivity index (χ2v) is 9.19. The summed E-state index contributed by atoms with van der Waals surface area (Å²) in [6.07, 6.45) is 4.18. The van der Waals surface area contributed by atoms with Gasteiger partial charge in [0.2, 0.25) is 5.91 Å². The third kappa shape index (κ3) is 4.11. The molecular weight excluding hydrogens is 446 g/mol. The lowest BCUT2D eigenvalue weighted by atomic mass is 9.93. The molecule has 35 heavy (non-hydrogen) atoms. The molecular formula is C28H26NO6-. The van der Waals surface area contributed by atoms with Crippen molar-refractivity contribution in [2.24, 2.45) is 0 Å². The van der Waals surface area contributed by atoms with Gasteiger partial charge < -0.3 is 24.1 Å². The number of carbonyl (C=O) groups is 2. The second-order valence-electron chi connectivity index (χ2n) is 9.19. The number of carboxylic acid groups (broad SMARTS) is 1. The molecule has 2 heterocycles. The Morgan fingerprint density at radius 3 is 2.46 bits per heavy atom. The molecule has 7 heteroatoms. The summed E-state index contributed by atoms with van der Waals surface area (Å²) in [5.41, 5.74) is 4.40. The lowest BCUT2D eigenvalue weighted by molar-refractivity contribution is -0.308. The first-order valence-electron chi connectivity index (χ1n) is 11.9. The van der Waals surface area contributed by atoms with Gasteiger partial charge in [-0.05, 0) is 56.7 Å². The van der Waals surface area contributed by atoms with E-state index in [2.05, 4.69) is 5.32 Å². The first kappa shape index (κ1) is 22.9. The average Bonchev–Trinajstić information content (AvgIpc) is 3.23. The minimum Gasteiger partial charge on any atom is -0.548 e. The van der Waals surface area contributed by atoms with Crippen LogP contribution in [0.1, 0.15) is 58.9 Å². The van der Waals surface area contributed by atoms with Crippen LogP contribution < -0.4 is 16.0 Å². The lowest BCUT2D eigenvalue weighted by Crippen LogP contribution is -2.41. The average molecular weight is 473 g/mol. The maximum atomic E-state index is 12.9. The number of furan rings is 1. The van der Waals surface area contributed by atoms with Crippen LogP contribution in [0.25, 0.3) is 21.9 Å². The van der Waals surface area contributed by atoms with E-state index in [-0.39, 0.29) is 12.8 Å². The molecule has 0 fully saturated rings. The molecule has 1 amide bonds. The molecule has 5 rings (SSSR count). The Morgan fingerprint density at radius 1 is 1.00 bits per heavy atom. The molecule has 0 bridgehead atoms. The Kier molecular flexibility index (Phi) is 5.93. The summed E-state index contributed by atoms with van der Waals surface area (Å²) in [5.74, 6) is -0.867. The maximum absolute atomic E-state index is 12.9. The summed E-state index contributed by atoms with van der Waals surface area (Å²) < 4.78 is 11.9. The van der Waals surface area contributed by atoms with Crippen LogP contribution in [0.3, 0.4) is 0 Å². The topological polar surface area (TPSA) is 113 Å². The number of carbonyl (C=O) groups excluding carboxylic acids is 2. The van der Waals surface area contributed by atoms with Gasteiger partial charge in [0.15, 0.2) is 0 Å². The number of amides is 1. The van der Waals surface area contributed by atoms with Gasteiger partial charge in [-0.25, -0.2) is 4.79 Å². The van der Waals surface area contributed by atoms with E-state index in [0.29, 0.717) is 16.7 Å². The monoisotopic (exact) mass is 472 g/mol. The zero-order chi connectivity index (χ0) is 24.7. The highest BCUT2D eigenvalue weighted by Gasteiger charge is 2.23. The largest absolute Gasteiger partial charge is 0.548 e. The fourth-order valence-corrected chi connectivity index (χ4v) is 5.10. The van der Waals surface area contributed by atoms with E-state index in [1.165, 1.54) is 5.56 Å². The van der Waals surface area contributed by atoms with Crippen LogP contribution in [-0.2, 0) is 28.9 Å². The fourth-order valence-electron chi connectivity index (χ4n) is 5.10. The Morgan fingerprint density at radius 2 is 1.71 bits per heavy atom. The van der Waals surface area contributed by atoms with Gasteiger partial charge >= 0.3 is 5.63 Å². The minimum atomic E-state index is -1.39. The SMILES string of the molecule is Cc1c(CCC(=O)N[C@@H](C(=O)[O-])c2ccccc2)c(=O)oc2c(C)c3oc4c(c3cc12)CCCC4. The van der Waals surface area contributed by atoms with Crippen molar-refractivity contribution in [2.45, 2.75) is 58.4 Å². The third-order valence-corrected chi connectivity index (χ3v) is 7.00. The number of aliphatic carboxylic acids is 1. The highest BCUT2D eigenvalue weighted by atomic mass is 16.4. The van der Waals surface area contributed by atoms with Crippen molar-refractivity contribution in [3.63, 3.8) is 0 Å². The normalized spacial score (nSPS) is 14.1. The van der Waals surface area contributed by atoms with Crippen molar-refractivity contribution in [3.05, 3.63) is 80.4 Å². The van der Waals surface area contributed by atoms with Crippen molar-refractivity contribution in [1.82, 2.24) is 5.32 Å². The van der Waals surface area contributed by atoms with Gasteiger partial charge in [0.05, 0.1) is 12.0 Å². The first-order valence-corrected chi connectivity index (χ1v) is 11.9. The number of aryl methyl sites for hydroxylation is 4. The van der Waals surface area contributed by atoms with Gasteiger partial charge in [-0.2, -0.15) is 0 Å². The predicted molar refractivity (Wildman–Crippen MR) is 129 cm³/mol. The van der Waals surface area contributed by atoms with Crippen LogP contribution >= 0.6 is 0 Å². The van der Waals surface area contributed by atoms with Crippen molar-refractivity contribution in [2.75, 3.05) is 0 Å². The molecule has 0 spiro atoms. The molecule has 4 aromatic rings. The van der Waals surface area contributed by atoms with Crippen LogP contribution in [-0.4, -0.2) is 11.9 Å². The summed E-state index contributed by atoms with van der Waals surface area (Å²) in [6.45, 7) is 3.76. The van der Waals surface area contributed by atoms with E-state index in [9.17, 15) is 19.5 Å². The summed E-state index contributed by atoms with van der Waals surface area (Å²) in [4.78, 5) is 37.1. The summed E-state index contributed by atoms with van der Waals surface area (Å²) >= 11 is 0. The van der Waals surface area contributed by atoms with Gasteiger partial charge in [-0.15, -0.1) is 0 Å². The number of carboxylic acids is 1. The van der Waals surface area contributed by atoms with Crippen molar-refractivity contribution in [3.8, 4) is 0 Å². The Balaban J connectivity index is 1.44. The van der Waals surface area contributed by atoms with Crippen LogP contribution in [0.2, 0.25) is 0 Å². The van der Waals surface area contributed by atoms with E-state index >= 15 is 0 Å². The zero-order valence-corrected chi connectivity index (χ0v) is 19.7. The van der Waals surface area contributed by atoms with Crippen molar-refractivity contribution < 1.29 is 23.5 Å². The molecule has 0 saturated heterocycles. The van der Waals surface area contributed by atoms with E-state index in [1.807, 2.05) is 19.9 Å². The zero-order valence-electron chi connectivity index (χ0n) is 19.7. The molecule has 0 saturated carbocycles. The molecule has 1 atom stereocenters. The van der Waals surface area contributed by atoms with E-state index < -0.39 is 23.5 Å². The van der Waals surface area contributed by atoms with Crippen molar-refractivity contribution >= 4 is 33.8 Å². The molecule has 180 valence electrons. The third-order valence-electron chi connectivity index (χ3n) is 7.00. The Labute approximate surface area is 201 Å². The molecule has 0 aliphatic heterocycles. The number of benzene rings is 2. The molecule has 0 unspecified atom stereocenters. The van der Waals surface area contributed by atoms with Crippen LogP contribution in [0, 0.1) is 13.8 Å². The van der Waals surface area contributed by atoms with Gasteiger partial charge in [-0.3, -0.25) is 4.79 Å². The van der Waals surface area contributed by atoms with Gasteiger partial charge in [-0.1, -0.05) is 30.3 Å². The summed E-state index contributed by atoms with van der Waals surface area (Å²) in [7, 11) is 0. The smallest absolute Gasteiger partial charge is 0.339 e. The first-order chi connectivity index (χ1) is 16.8. The lowest BCUT2D eigenvalue weighted by Gasteiger charge is -2.20. The van der Waals surface area contributed by atoms with E-state index in [4.69, 9.17) is 8.83 Å². The van der Waals surface area contributed by atoms with E-state index in [0.717, 1.165) is 58.9 Å².